The van der Waals surface area contributed by atoms with E-state index in [1.807, 2.05) is 17.0 Å². The Morgan fingerprint density at radius 1 is 1.35 bits per heavy atom. The van der Waals surface area contributed by atoms with Gasteiger partial charge in [0.05, 0.1) is 5.56 Å². The predicted molar refractivity (Wildman–Crippen MR) is 62.8 cm³/mol. The van der Waals surface area contributed by atoms with Crippen LogP contribution < -0.4 is 5.32 Å². The zero-order valence-electron chi connectivity index (χ0n) is 9.35. The number of fused-ring (bicyclic) bond motifs is 1. The summed E-state index contributed by atoms with van der Waals surface area (Å²) >= 11 is 0. The molecule has 1 amide bonds. The quantitative estimate of drug-likeness (QED) is 0.791. The molecular weight excluding hydrogens is 218 g/mol. The summed E-state index contributed by atoms with van der Waals surface area (Å²) in [6.45, 7) is 3.17. The van der Waals surface area contributed by atoms with E-state index >= 15 is 0 Å². The minimum absolute atomic E-state index is 0.0221. The van der Waals surface area contributed by atoms with Crippen molar-refractivity contribution in [3.05, 3.63) is 30.2 Å². The molecule has 0 radical (unpaired) electrons. The number of para-hydroxylation sites is 1. The molecule has 0 aliphatic carbocycles. The molecule has 1 saturated heterocycles. The molecule has 88 valence electrons. The van der Waals surface area contributed by atoms with Gasteiger partial charge in [0.1, 0.15) is 5.52 Å². The SMILES string of the molecule is O=C(c1cccc2ncoc12)N1CCNCC1. The number of piperazine rings is 1. The van der Waals surface area contributed by atoms with Crippen molar-refractivity contribution < 1.29 is 9.21 Å². The number of rotatable bonds is 1. The van der Waals surface area contributed by atoms with Gasteiger partial charge >= 0.3 is 0 Å². The summed E-state index contributed by atoms with van der Waals surface area (Å²) in [5, 5.41) is 3.22. The fourth-order valence-electron chi connectivity index (χ4n) is 2.09. The van der Waals surface area contributed by atoms with Crippen LogP contribution in [0.15, 0.2) is 29.0 Å². The summed E-state index contributed by atoms with van der Waals surface area (Å²) in [5.74, 6) is 0.0221. The number of amides is 1. The summed E-state index contributed by atoms with van der Waals surface area (Å²) in [6.07, 6.45) is 1.37. The highest BCUT2D eigenvalue weighted by atomic mass is 16.3. The van der Waals surface area contributed by atoms with Gasteiger partial charge in [0, 0.05) is 26.2 Å². The first-order valence-corrected chi connectivity index (χ1v) is 5.68. The third kappa shape index (κ3) is 1.78. The lowest BCUT2D eigenvalue weighted by atomic mass is 10.1. The molecular formula is C12H13N3O2. The van der Waals surface area contributed by atoms with Crippen molar-refractivity contribution in [2.45, 2.75) is 0 Å². The lowest BCUT2D eigenvalue weighted by Crippen LogP contribution is -2.46. The fourth-order valence-corrected chi connectivity index (χ4v) is 2.09. The van der Waals surface area contributed by atoms with Gasteiger partial charge < -0.3 is 14.6 Å². The van der Waals surface area contributed by atoms with Gasteiger partial charge in [0.15, 0.2) is 12.0 Å². The van der Waals surface area contributed by atoms with E-state index in [2.05, 4.69) is 10.3 Å². The molecule has 5 heteroatoms. The Kier molecular flexibility index (Phi) is 2.53. The first-order valence-electron chi connectivity index (χ1n) is 5.68. The zero-order valence-corrected chi connectivity index (χ0v) is 9.35. The average molecular weight is 231 g/mol. The molecule has 1 aromatic carbocycles. The molecule has 5 nitrogen and oxygen atoms in total. The summed E-state index contributed by atoms with van der Waals surface area (Å²) in [4.78, 5) is 18.2. The van der Waals surface area contributed by atoms with Crippen LogP contribution >= 0.6 is 0 Å². The fraction of sp³-hybridized carbons (Fsp3) is 0.333. The monoisotopic (exact) mass is 231 g/mol. The van der Waals surface area contributed by atoms with Crippen LogP contribution in [0.1, 0.15) is 10.4 Å². The van der Waals surface area contributed by atoms with Gasteiger partial charge in [-0.15, -0.1) is 0 Å². The van der Waals surface area contributed by atoms with Gasteiger partial charge in [-0.25, -0.2) is 4.98 Å². The molecule has 0 atom stereocenters. The van der Waals surface area contributed by atoms with E-state index in [1.165, 1.54) is 6.39 Å². The van der Waals surface area contributed by atoms with Crippen molar-refractivity contribution in [1.82, 2.24) is 15.2 Å². The molecule has 1 fully saturated rings. The summed E-state index contributed by atoms with van der Waals surface area (Å²) in [6, 6.07) is 5.46. The van der Waals surface area contributed by atoms with E-state index in [0.29, 0.717) is 11.1 Å². The second kappa shape index (κ2) is 4.18. The molecule has 1 aliphatic rings. The van der Waals surface area contributed by atoms with Crippen LogP contribution in [0, 0.1) is 0 Å². The maximum absolute atomic E-state index is 12.3. The van der Waals surface area contributed by atoms with Crippen LogP contribution in [-0.4, -0.2) is 42.0 Å². The molecule has 1 aliphatic heterocycles. The number of hydrogen-bond acceptors (Lipinski definition) is 4. The molecule has 17 heavy (non-hydrogen) atoms. The molecule has 2 aromatic rings. The first-order chi connectivity index (χ1) is 8.36. The van der Waals surface area contributed by atoms with Crippen molar-refractivity contribution in [2.24, 2.45) is 0 Å². The van der Waals surface area contributed by atoms with Gasteiger partial charge in [-0.05, 0) is 12.1 Å². The highest BCUT2D eigenvalue weighted by molar-refractivity contribution is 6.04. The Bertz CT molecular complexity index is 543. The van der Waals surface area contributed by atoms with Gasteiger partial charge in [-0.1, -0.05) is 6.07 Å². The predicted octanol–water partition coefficient (Wildman–Crippen LogP) is 0.873. The van der Waals surface area contributed by atoms with Gasteiger partial charge in [-0.2, -0.15) is 0 Å². The summed E-state index contributed by atoms with van der Waals surface area (Å²) in [7, 11) is 0. The number of aromatic nitrogens is 1. The largest absolute Gasteiger partial charge is 0.443 e. The minimum atomic E-state index is 0.0221. The Labute approximate surface area is 98.4 Å². The Morgan fingerprint density at radius 3 is 3.00 bits per heavy atom. The highest BCUT2D eigenvalue weighted by Crippen LogP contribution is 2.19. The van der Waals surface area contributed by atoms with Crippen molar-refractivity contribution in [3.8, 4) is 0 Å². The van der Waals surface area contributed by atoms with Crippen LogP contribution in [0.25, 0.3) is 11.1 Å². The van der Waals surface area contributed by atoms with Crippen molar-refractivity contribution in [2.75, 3.05) is 26.2 Å². The molecule has 1 N–H and O–H groups in total. The molecule has 0 unspecified atom stereocenters. The van der Waals surface area contributed by atoms with E-state index in [0.717, 1.165) is 31.7 Å². The van der Waals surface area contributed by atoms with E-state index in [1.54, 1.807) is 6.07 Å². The van der Waals surface area contributed by atoms with E-state index < -0.39 is 0 Å². The normalized spacial score (nSPS) is 16.4. The second-order valence-corrected chi connectivity index (χ2v) is 4.05. The number of nitrogens with one attached hydrogen (secondary N) is 1. The molecule has 0 bridgehead atoms. The third-order valence-corrected chi connectivity index (χ3v) is 2.99. The smallest absolute Gasteiger partial charge is 0.257 e. The van der Waals surface area contributed by atoms with Crippen LogP contribution in [0.3, 0.4) is 0 Å². The standard InChI is InChI=1S/C12H13N3O2/c16-12(15-6-4-13-5-7-15)9-2-1-3-10-11(9)17-8-14-10/h1-3,8,13H,4-7H2. The first kappa shape index (κ1) is 10.3. The van der Waals surface area contributed by atoms with Gasteiger partial charge in [-0.3, -0.25) is 4.79 Å². The number of nitrogens with zero attached hydrogens (tertiary/aromatic N) is 2. The van der Waals surface area contributed by atoms with E-state index in [-0.39, 0.29) is 5.91 Å². The van der Waals surface area contributed by atoms with Crippen molar-refractivity contribution in [3.63, 3.8) is 0 Å². The van der Waals surface area contributed by atoms with E-state index in [9.17, 15) is 4.79 Å². The van der Waals surface area contributed by atoms with Gasteiger partial charge in [0.2, 0.25) is 0 Å². The molecule has 3 rings (SSSR count). The van der Waals surface area contributed by atoms with Crippen molar-refractivity contribution >= 4 is 17.0 Å². The van der Waals surface area contributed by atoms with Crippen molar-refractivity contribution in [1.29, 1.82) is 0 Å². The van der Waals surface area contributed by atoms with Gasteiger partial charge in [0.25, 0.3) is 5.91 Å². The van der Waals surface area contributed by atoms with Crippen LogP contribution in [-0.2, 0) is 0 Å². The Hall–Kier alpha value is -1.88. The van der Waals surface area contributed by atoms with Crippen LogP contribution in [0.5, 0.6) is 0 Å². The van der Waals surface area contributed by atoms with E-state index in [4.69, 9.17) is 4.42 Å². The lowest BCUT2D eigenvalue weighted by molar-refractivity contribution is 0.0736. The summed E-state index contributed by atoms with van der Waals surface area (Å²) < 4.78 is 5.29. The molecule has 0 saturated carbocycles. The number of carbonyl (C=O) groups is 1. The number of hydrogen-bond donors (Lipinski definition) is 1. The highest BCUT2D eigenvalue weighted by Gasteiger charge is 2.21. The lowest BCUT2D eigenvalue weighted by Gasteiger charge is -2.27. The third-order valence-electron chi connectivity index (χ3n) is 2.99. The molecule has 2 heterocycles. The number of carbonyl (C=O) groups excluding carboxylic acids is 1. The second-order valence-electron chi connectivity index (χ2n) is 4.05. The van der Waals surface area contributed by atoms with Crippen LogP contribution in [0.4, 0.5) is 0 Å². The average Bonchev–Trinajstić information content (AvgIpc) is 2.87. The molecule has 0 spiro atoms. The summed E-state index contributed by atoms with van der Waals surface area (Å²) in [5.41, 5.74) is 1.91. The zero-order chi connectivity index (χ0) is 11.7. The maximum Gasteiger partial charge on any atom is 0.257 e. The Balaban J connectivity index is 1.97. The topological polar surface area (TPSA) is 58.4 Å². The maximum atomic E-state index is 12.3. The Morgan fingerprint density at radius 2 is 2.18 bits per heavy atom. The van der Waals surface area contributed by atoms with Crippen LogP contribution in [0.2, 0.25) is 0 Å². The minimum Gasteiger partial charge on any atom is -0.443 e. The molecule has 1 aromatic heterocycles. The number of oxazole rings is 1. The number of benzene rings is 1.